The van der Waals surface area contributed by atoms with E-state index < -0.39 is 0 Å². The van der Waals surface area contributed by atoms with Crippen molar-refractivity contribution in [3.8, 4) is 34.1 Å². The first-order valence-electron chi connectivity index (χ1n) is 10.9. The molecule has 0 saturated heterocycles. The Hall–Kier alpha value is -4.21. The van der Waals surface area contributed by atoms with Crippen molar-refractivity contribution in [3.05, 3.63) is 101 Å². The first kappa shape index (κ1) is 20.4. The third-order valence-electron chi connectivity index (χ3n) is 6.06. The molecule has 3 heterocycles. The van der Waals surface area contributed by atoms with Gasteiger partial charge in [0, 0.05) is 32.7 Å². The first-order chi connectivity index (χ1) is 16.7. The lowest BCUT2D eigenvalue weighted by molar-refractivity contribution is 0.878. The van der Waals surface area contributed by atoms with Gasteiger partial charge in [0.05, 0.1) is 28.0 Å². The standard InChI is InChI=1S/C28H18BrN5/c1-17-25-26(18-8-7-9-19(29)14-18)22(15-30)27(23-16-31-24-13-6-5-12-21(23)24)32-28(25)34(33-17)20-10-3-2-4-11-20/h2-14,16,31H,1H3. The number of benzene rings is 3. The van der Waals surface area contributed by atoms with Crippen molar-refractivity contribution in [2.45, 2.75) is 6.92 Å². The summed E-state index contributed by atoms with van der Waals surface area (Å²) in [6.07, 6.45) is 1.93. The summed E-state index contributed by atoms with van der Waals surface area (Å²) in [6.45, 7) is 1.97. The fourth-order valence-corrected chi connectivity index (χ4v) is 4.97. The molecule has 3 aromatic heterocycles. The molecule has 0 fully saturated rings. The number of nitriles is 1. The van der Waals surface area contributed by atoms with Crippen molar-refractivity contribution in [1.29, 1.82) is 5.26 Å². The van der Waals surface area contributed by atoms with Gasteiger partial charge in [-0.15, -0.1) is 0 Å². The molecule has 5 nitrogen and oxygen atoms in total. The Labute approximate surface area is 204 Å². The van der Waals surface area contributed by atoms with Crippen LogP contribution in [-0.4, -0.2) is 19.7 Å². The number of hydrogen-bond acceptors (Lipinski definition) is 3. The second kappa shape index (κ2) is 7.98. The number of hydrogen-bond donors (Lipinski definition) is 1. The van der Waals surface area contributed by atoms with Gasteiger partial charge in [-0.25, -0.2) is 9.67 Å². The summed E-state index contributed by atoms with van der Waals surface area (Å²) < 4.78 is 2.81. The van der Waals surface area contributed by atoms with E-state index in [9.17, 15) is 5.26 Å². The van der Waals surface area contributed by atoms with E-state index >= 15 is 0 Å². The number of para-hydroxylation sites is 2. The van der Waals surface area contributed by atoms with Gasteiger partial charge < -0.3 is 4.98 Å². The highest BCUT2D eigenvalue weighted by Gasteiger charge is 2.24. The number of pyridine rings is 1. The molecule has 6 rings (SSSR count). The number of rotatable bonds is 3. The van der Waals surface area contributed by atoms with Crippen LogP contribution >= 0.6 is 15.9 Å². The molecule has 34 heavy (non-hydrogen) atoms. The average molecular weight is 504 g/mol. The van der Waals surface area contributed by atoms with E-state index in [4.69, 9.17) is 10.1 Å². The number of aromatic amines is 1. The zero-order valence-electron chi connectivity index (χ0n) is 18.2. The maximum absolute atomic E-state index is 10.4. The van der Waals surface area contributed by atoms with Crippen LogP contribution < -0.4 is 0 Å². The minimum Gasteiger partial charge on any atom is -0.360 e. The van der Waals surface area contributed by atoms with Crippen LogP contribution in [0.5, 0.6) is 0 Å². The van der Waals surface area contributed by atoms with E-state index in [0.29, 0.717) is 11.3 Å². The normalized spacial score (nSPS) is 11.2. The zero-order valence-corrected chi connectivity index (χ0v) is 19.8. The Bertz CT molecular complexity index is 1740. The lowest BCUT2D eigenvalue weighted by Gasteiger charge is -2.13. The number of aryl methyl sites for hydroxylation is 1. The van der Waals surface area contributed by atoms with Crippen LogP contribution in [0.3, 0.4) is 0 Å². The predicted octanol–water partition coefficient (Wildman–Crippen LogP) is 7.18. The SMILES string of the molecule is Cc1nn(-c2ccccc2)c2nc(-c3c[nH]c4ccccc34)c(C#N)c(-c3cccc(Br)c3)c12. The lowest BCUT2D eigenvalue weighted by Crippen LogP contribution is -2.01. The van der Waals surface area contributed by atoms with Crippen molar-refractivity contribution in [2.75, 3.05) is 0 Å². The smallest absolute Gasteiger partial charge is 0.164 e. The van der Waals surface area contributed by atoms with E-state index in [1.54, 1.807) is 0 Å². The average Bonchev–Trinajstić information content (AvgIpc) is 3.44. The van der Waals surface area contributed by atoms with Crippen LogP contribution in [0.2, 0.25) is 0 Å². The second-order valence-electron chi connectivity index (χ2n) is 8.11. The molecule has 6 heteroatoms. The maximum atomic E-state index is 10.4. The van der Waals surface area contributed by atoms with E-state index in [2.05, 4.69) is 27.0 Å². The third-order valence-corrected chi connectivity index (χ3v) is 6.55. The molecule has 6 aromatic rings. The highest BCUT2D eigenvalue weighted by molar-refractivity contribution is 9.10. The number of aromatic nitrogens is 4. The topological polar surface area (TPSA) is 70.3 Å². The monoisotopic (exact) mass is 503 g/mol. The van der Waals surface area contributed by atoms with Gasteiger partial charge in [0.15, 0.2) is 5.65 Å². The van der Waals surface area contributed by atoms with E-state index in [1.165, 1.54) is 0 Å². The fourth-order valence-electron chi connectivity index (χ4n) is 4.57. The molecule has 0 aliphatic heterocycles. The van der Waals surface area contributed by atoms with Gasteiger partial charge >= 0.3 is 0 Å². The fraction of sp³-hybridized carbons (Fsp3) is 0.0357. The number of nitrogens with one attached hydrogen (secondary N) is 1. The molecular formula is C28H18BrN5. The predicted molar refractivity (Wildman–Crippen MR) is 139 cm³/mol. The molecule has 0 unspecified atom stereocenters. The van der Waals surface area contributed by atoms with Crippen LogP contribution in [0.15, 0.2) is 89.5 Å². The lowest BCUT2D eigenvalue weighted by atomic mass is 9.93. The molecule has 0 saturated carbocycles. The van der Waals surface area contributed by atoms with Gasteiger partial charge in [0.25, 0.3) is 0 Å². The summed E-state index contributed by atoms with van der Waals surface area (Å²) in [4.78, 5) is 8.42. The van der Waals surface area contributed by atoms with Gasteiger partial charge in [-0.3, -0.25) is 0 Å². The van der Waals surface area contributed by atoms with Crippen LogP contribution in [0, 0.1) is 18.3 Å². The van der Waals surface area contributed by atoms with Gasteiger partial charge in [-0.05, 0) is 42.8 Å². The van der Waals surface area contributed by atoms with E-state index in [-0.39, 0.29) is 0 Å². The Balaban J connectivity index is 1.79. The largest absolute Gasteiger partial charge is 0.360 e. The molecule has 0 aliphatic rings. The zero-order chi connectivity index (χ0) is 23.2. The second-order valence-corrected chi connectivity index (χ2v) is 9.03. The number of H-pyrrole nitrogens is 1. The molecule has 0 radical (unpaired) electrons. The summed E-state index contributed by atoms with van der Waals surface area (Å²) in [6, 6.07) is 28.5. The van der Waals surface area contributed by atoms with Crippen molar-refractivity contribution in [1.82, 2.24) is 19.7 Å². The summed E-state index contributed by atoms with van der Waals surface area (Å²) >= 11 is 3.60. The molecule has 162 valence electrons. The van der Waals surface area contributed by atoms with Crippen molar-refractivity contribution >= 4 is 37.9 Å². The molecule has 0 atom stereocenters. The summed E-state index contributed by atoms with van der Waals surface area (Å²) in [5.41, 5.74) is 7.31. The third kappa shape index (κ3) is 3.13. The number of nitrogens with zero attached hydrogens (tertiary/aromatic N) is 4. The van der Waals surface area contributed by atoms with E-state index in [1.807, 2.05) is 96.7 Å². The summed E-state index contributed by atoms with van der Waals surface area (Å²) in [5.74, 6) is 0. The van der Waals surface area contributed by atoms with Crippen LogP contribution in [-0.2, 0) is 0 Å². The van der Waals surface area contributed by atoms with Crippen molar-refractivity contribution in [3.63, 3.8) is 0 Å². The number of fused-ring (bicyclic) bond motifs is 2. The Morgan fingerprint density at radius 2 is 1.76 bits per heavy atom. The quantitative estimate of drug-likeness (QED) is 0.278. The molecule has 0 amide bonds. The molecule has 0 spiro atoms. The van der Waals surface area contributed by atoms with Crippen LogP contribution in [0.25, 0.3) is 50.0 Å². The molecule has 3 aromatic carbocycles. The summed E-state index contributed by atoms with van der Waals surface area (Å²) in [5, 5.41) is 17.2. The summed E-state index contributed by atoms with van der Waals surface area (Å²) in [7, 11) is 0. The van der Waals surface area contributed by atoms with Crippen LogP contribution in [0.4, 0.5) is 0 Å². The molecular weight excluding hydrogens is 486 g/mol. The van der Waals surface area contributed by atoms with Gasteiger partial charge in [-0.2, -0.15) is 10.4 Å². The van der Waals surface area contributed by atoms with Gasteiger partial charge in [0.2, 0.25) is 0 Å². The van der Waals surface area contributed by atoms with Gasteiger partial charge in [-0.1, -0.05) is 64.5 Å². The highest BCUT2D eigenvalue weighted by Crippen LogP contribution is 2.41. The Morgan fingerprint density at radius 3 is 2.56 bits per heavy atom. The van der Waals surface area contributed by atoms with E-state index in [0.717, 1.165) is 54.5 Å². The minimum absolute atomic E-state index is 0.533. The maximum Gasteiger partial charge on any atom is 0.164 e. The number of halogens is 1. The first-order valence-corrected chi connectivity index (χ1v) is 11.7. The van der Waals surface area contributed by atoms with Gasteiger partial charge in [0.1, 0.15) is 6.07 Å². The Kier molecular flexibility index (Phi) is 4.79. The molecule has 0 bridgehead atoms. The van der Waals surface area contributed by atoms with Crippen molar-refractivity contribution in [2.24, 2.45) is 0 Å². The molecule has 0 aliphatic carbocycles. The molecule has 1 N–H and O–H groups in total. The van der Waals surface area contributed by atoms with Crippen LogP contribution in [0.1, 0.15) is 11.3 Å². The minimum atomic E-state index is 0.533. The Morgan fingerprint density at radius 1 is 0.971 bits per heavy atom. The highest BCUT2D eigenvalue weighted by atomic mass is 79.9. The van der Waals surface area contributed by atoms with Crippen molar-refractivity contribution < 1.29 is 0 Å².